The van der Waals surface area contributed by atoms with Crippen molar-refractivity contribution < 1.29 is 5.11 Å². The topological polar surface area (TPSA) is 64.1 Å². The molecule has 0 aliphatic carbocycles. The SMILES string of the molecule is CCC(CC)n1ccc(CC(O)(CC)CN)n1. The molecule has 3 N–H and O–H groups in total. The normalized spacial score (nSPS) is 15.2. The molecule has 17 heavy (non-hydrogen) atoms. The summed E-state index contributed by atoms with van der Waals surface area (Å²) >= 11 is 0. The van der Waals surface area contributed by atoms with Gasteiger partial charge in [-0.05, 0) is 25.3 Å². The third-order valence-electron chi connectivity index (χ3n) is 3.53. The molecule has 0 amide bonds. The second kappa shape index (κ2) is 6.17. The summed E-state index contributed by atoms with van der Waals surface area (Å²) in [4.78, 5) is 0. The summed E-state index contributed by atoms with van der Waals surface area (Å²) in [5, 5.41) is 14.7. The van der Waals surface area contributed by atoms with E-state index in [1.165, 1.54) is 0 Å². The van der Waals surface area contributed by atoms with Crippen molar-refractivity contribution in [3.8, 4) is 0 Å². The van der Waals surface area contributed by atoms with Crippen LogP contribution in [0.4, 0.5) is 0 Å². The molecule has 0 spiro atoms. The van der Waals surface area contributed by atoms with Crippen LogP contribution in [-0.4, -0.2) is 27.0 Å². The van der Waals surface area contributed by atoms with Crippen LogP contribution in [0.25, 0.3) is 0 Å². The molecule has 98 valence electrons. The quantitative estimate of drug-likeness (QED) is 0.763. The molecule has 1 aromatic rings. The molecule has 0 fully saturated rings. The fourth-order valence-electron chi connectivity index (χ4n) is 2.02. The van der Waals surface area contributed by atoms with Crippen molar-refractivity contribution in [2.45, 2.75) is 58.1 Å². The first-order chi connectivity index (χ1) is 8.08. The Kier molecular flexibility index (Phi) is 5.15. The molecule has 1 unspecified atom stereocenters. The second-order valence-corrected chi connectivity index (χ2v) is 4.72. The fourth-order valence-corrected chi connectivity index (χ4v) is 2.02. The monoisotopic (exact) mass is 239 g/mol. The van der Waals surface area contributed by atoms with Gasteiger partial charge in [-0.15, -0.1) is 0 Å². The molecular weight excluding hydrogens is 214 g/mol. The van der Waals surface area contributed by atoms with E-state index in [0.29, 0.717) is 18.9 Å². The van der Waals surface area contributed by atoms with Crippen molar-refractivity contribution in [2.24, 2.45) is 5.73 Å². The molecule has 1 atom stereocenters. The summed E-state index contributed by atoms with van der Waals surface area (Å²) < 4.78 is 2.00. The van der Waals surface area contributed by atoms with Crippen LogP contribution in [0.15, 0.2) is 12.3 Å². The van der Waals surface area contributed by atoms with Crippen LogP contribution in [0.1, 0.15) is 51.8 Å². The van der Waals surface area contributed by atoms with E-state index < -0.39 is 5.60 Å². The van der Waals surface area contributed by atoms with E-state index in [4.69, 9.17) is 5.73 Å². The van der Waals surface area contributed by atoms with E-state index in [0.717, 1.165) is 18.5 Å². The number of aliphatic hydroxyl groups is 1. The maximum absolute atomic E-state index is 10.2. The molecule has 4 nitrogen and oxygen atoms in total. The molecule has 0 aliphatic heterocycles. The highest BCUT2D eigenvalue weighted by molar-refractivity contribution is 5.05. The Balaban J connectivity index is 2.74. The molecule has 0 aliphatic rings. The first-order valence-corrected chi connectivity index (χ1v) is 6.55. The van der Waals surface area contributed by atoms with E-state index in [-0.39, 0.29) is 6.54 Å². The minimum absolute atomic E-state index is 0.279. The lowest BCUT2D eigenvalue weighted by molar-refractivity contribution is 0.0444. The van der Waals surface area contributed by atoms with Gasteiger partial charge in [0.2, 0.25) is 0 Å². The third-order valence-corrected chi connectivity index (χ3v) is 3.53. The lowest BCUT2D eigenvalue weighted by Crippen LogP contribution is -2.39. The van der Waals surface area contributed by atoms with E-state index in [2.05, 4.69) is 18.9 Å². The Labute approximate surface area is 104 Å². The number of hydrogen-bond donors (Lipinski definition) is 2. The highest BCUT2D eigenvalue weighted by atomic mass is 16.3. The molecule has 0 bridgehead atoms. The Hall–Kier alpha value is -0.870. The number of rotatable bonds is 7. The predicted molar refractivity (Wildman–Crippen MR) is 69.8 cm³/mol. The summed E-state index contributed by atoms with van der Waals surface area (Å²) in [6, 6.07) is 2.44. The van der Waals surface area contributed by atoms with Crippen LogP contribution < -0.4 is 5.73 Å². The standard InChI is InChI=1S/C13H25N3O/c1-4-12(5-2)16-8-7-11(15-16)9-13(17,6-3)10-14/h7-8,12,17H,4-6,9-10,14H2,1-3H3. The molecule has 0 saturated heterocycles. The average Bonchev–Trinajstić information content (AvgIpc) is 2.79. The van der Waals surface area contributed by atoms with E-state index >= 15 is 0 Å². The number of hydrogen-bond acceptors (Lipinski definition) is 3. The van der Waals surface area contributed by atoms with Gasteiger partial charge in [0.05, 0.1) is 17.3 Å². The van der Waals surface area contributed by atoms with Crippen molar-refractivity contribution in [1.82, 2.24) is 9.78 Å². The van der Waals surface area contributed by atoms with Crippen molar-refractivity contribution in [3.05, 3.63) is 18.0 Å². The van der Waals surface area contributed by atoms with Gasteiger partial charge in [0, 0.05) is 19.2 Å². The smallest absolute Gasteiger partial charge is 0.0822 e. The summed E-state index contributed by atoms with van der Waals surface area (Å²) in [5.41, 5.74) is 5.71. The zero-order chi connectivity index (χ0) is 12.9. The maximum Gasteiger partial charge on any atom is 0.0822 e. The van der Waals surface area contributed by atoms with Gasteiger partial charge >= 0.3 is 0 Å². The Morgan fingerprint density at radius 3 is 2.53 bits per heavy atom. The third kappa shape index (κ3) is 3.54. The highest BCUT2D eigenvalue weighted by Crippen LogP contribution is 2.18. The van der Waals surface area contributed by atoms with E-state index in [1.54, 1.807) is 0 Å². The average molecular weight is 239 g/mol. The van der Waals surface area contributed by atoms with Crippen molar-refractivity contribution in [2.75, 3.05) is 6.54 Å². The minimum atomic E-state index is -0.812. The fraction of sp³-hybridized carbons (Fsp3) is 0.769. The zero-order valence-corrected chi connectivity index (χ0v) is 11.2. The number of nitrogens with two attached hydrogens (primary N) is 1. The van der Waals surface area contributed by atoms with Gasteiger partial charge in [-0.1, -0.05) is 20.8 Å². The minimum Gasteiger partial charge on any atom is -0.388 e. The van der Waals surface area contributed by atoms with Crippen molar-refractivity contribution in [3.63, 3.8) is 0 Å². The van der Waals surface area contributed by atoms with Gasteiger partial charge in [0.25, 0.3) is 0 Å². The zero-order valence-electron chi connectivity index (χ0n) is 11.2. The van der Waals surface area contributed by atoms with Gasteiger partial charge in [0.1, 0.15) is 0 Å². The van der Waals surface area contributed by atoms with Crippen molar-refractivity contribution in [1.29, 1.82) is 0 Å². The van der Waals surface area contributed by atoms with E-state index in [1.807, 2.05) is 23.9 Å². The molecular formula is C13H25N3O. The number of aromatic nitrogens is 2. The van der Waals surface area contributed by atoms with Crippen LogP contribution in [0.2, 0.25) is 0 Å². The van der Waals surface area contributed by atoms with Gasteiger partial charge < -0.3 is 10.8 Å². The van der Waals surface area contributed by atoms with Crippen LogP contribution >= 0.6 is 0 Å². The lowest BCUT2D eigenvalue weighted by Gasteiger charge is -2.23. The van der Waals surface area contributed by atoms with Crippen LogP contribution in [0, 0.1) is 0 Å². The van der Waals surface area contributed by atoms with Gasteiger partial charge in [-0.2, -0.15) is 5.10 Å². The van der Waals surface area contributed by atoms with Crippen LogP contribution in [-0.2, 0) is 6.42 Å². The molecule has 0 aromatic carbocycles. The van der Waals surface area contributed by atoms with Crippen LogP contribution in [0.5, 0.6) is 0 Å². The molecule has 1 rings (SSSR count). The van der Waals surface area contributed by atoms with Gasteiger partial charge in [0.15, 0.2) is 0 Å². The highest BCUT2D eigenvalue weighted by Gasteiger charge is 2.24. The summed E-state index contributed by atoms with van der Waals surface area (Å²) in [7, 11) is 0. The Morgan fingerprint density at radius 2 is 2.06 bits per heavy atom. The first-order valence-electron chi connectivity index (χ1n) is 6.55. The second-order valence-electron chi connectivity index (χ2n) is 4.72. The van der Waals surface area contributed by atoms with Gasteiger partial charge in [-0.25, -0.2) is 0 Å². The summed E-state index contributed by atoms with van der Waals surface area (Å²) in [6.45, 7) is 6.56. The molecule has 4 heteroatoms. The first kappa shape index (κ1) is 14.2. The molecule has 1 aromatic heterocycles. The summed E-state index contributed by atoms with van der Waals surface area (Å²) in [5.74, 6) is 0. The Bertz CT molecular complexity index is 327. The molecule has 0 saturated carbocycles. The number of nitrogens with zero attached hydrogens (tertiary/aromatic N) is 2. The van der Waals surface area contributed by atoms with E-state index in [9.17, 15) is 5.11 Å². The van der Waals surface area contributed by atoms with Gasteiger partial charge in [-0.3, -0.25) is 4.68 Å². The Morgan fingerprint density at radius 1 is 1.41 bits per heavy atom. The molecule has 1 heterocycles. The maximum atomic E-state index is 10.2. The molecule has 0 radical (unpaired) electrons. The van der Waals surface area contributed by atoms with Crippen molar-refractivity contribution >= 4 is 0 Å². The summed E-state index contributed by atoms with van der Waals surface area (Å²) in [6.07, 6.45) is 5.34. The van der Waals surface area contributed by atoms with Crippen LogP contribution in [0.3, 0.4) is 0 Å². The lowest BCUT2D eigenvalue weighted by atomic mass is 9.95. The predicted octanol–water partition coefficient (Wildman–Crippen LogP) is 1.89. The largest absolute Gasteiger partial charge is 0.388 e.